The van der Waals surface area contributed by atoms with Gasteiger partial charge in [-0.2, -0.15) is 0 Å². The molecule has 0 spiro atoms. The Hall–Kier alpha value is -2.27. The molecule has 0 radical (unpaired) electrons. The van der Waals surface area contributed by atoms with E-state index in [0.717, 1.165) is 16.0 Å². The Bertz CT molecular complexity index is 749. The standard InChI is InChI=1S/C20H24N2O2S/c1-14-7-5-6-8-17(14)25-13-18(23)21-22-19(24)15-9-11-16(12-10-15)20(2,3)4/h5-12H,13H2,1-4H3,(H,21,23)(H,22,24). The van der Waals surface area contributed by atoms with Crippen molar-refractivity contribution < 1.29 is 9.59 Å². The monoisotopic (exact) mass is 356 g/mol. The molecule has 2 amide bonds. The topological polar surface area (TPSA) is 58.2 Å². The Morgan fingerprint density at radius 1 is 0.960 bits per heavy atom. The number of hydrogen-bond donors (Lipinski definition) is 2. The highest BCUT2D eigenvalue weighted by Gasteiger charge is 2.14. The molecule has 0 aliphatic heterocycles. The van der Waals surface area contributed by atoms with Crippen molar-refractivity contribution in [1.29, 1.82) is 0 Å². The number of nitrogens with one attached hydrogen (secondary N) is 2. The van der Waals surface area contributed by atoms with Crippen LogP contribution in [0, 0.1) is 6.92 Å². The van der Waals surface area contributed by atoms with E-state index in [1.807, 2.05) is 43.3 Å². The maximum Gasteiger partial charge on any atom is 0.269 e. The Labute approximate surface area is 153 Å². The van der Waals surface area contributed by atoms with E-state index < -0.39 is 0 Å². The number of hydrogen-bond acceptors (Lipinski definition) is 3. The van der Waals surface area contributed by atoms with Crippen LogP contribution in [0.25, 0.3) is 0 Å². The van der Waals surface area contributed by atoms with Gasteiger partial charge in [0.15, 0.2) is 0 Å². The molecule has 0 unspecified atom stereocenters. The van der Waals surface area contributed by atoms with E-state index in [1.165, 1.54) is 11.8 Å². The second-order valence-corrected chi connectivity index (χ2v) is 7.90. The molecule has 2 aromatic carbocycles. The Morgan fingerprint density at radius 2 is 1.60 bits per heavy atom. The van der Waals surface area contributed by atoms with Crippen molar-refractivity contribution in [3.05, 3.63) is 65.2 Å². The molecular formula is C20H24N2O2S. The zero-order chi connectivity index (χ0) is 18.4. The van der Waals surface area contributed by atoms with Crippen LogP contribution in [0.5, 0.6) is 0 Å². The lowest BCUT2D eigenvalue weighted by atomic mass is 9.87. The third-order valence-electron chi connectivity index (χ3n) is 3.78. The van der Waals surface area contributed by atoms with Gasteiger partial charge in [0, 0.05) is 10.5 Å². The molecule has 5 heteroatoms. The maximum absolute atomic E-state index is 12.1. The van der Waals surface area contributed by atoms with Crippen molar-refractivity contribution in [2.75, 3.05) is 5.75 Å². The van der Waals surface area contributed by atoms with Crippen molar-refractivity contribution in [2.24, 2.45) is 0 Å². The zero-order valence-electron chi connectivity index (χ0n) is 15.1. The second kappa shape index (κ2) is 8.21. The summed E-state index contributed by atoms with van der Waals surface area (Å²) in [6, 6.07) is 15.3. The Balaban J connectivity index is 1.83. The highest BCUT2D eigenvalue weighted by Crippen LogP contribution is 2.22. The van der Waals surface area contributed by atoms with Crippen LogP contribution >= 0.6 is 11.8 Å². The van der Waals surface area contributed by atoms with Crippen LogP contribution in [0.1, 0.15) is 42.3 Å². The van der Waals surface area contributed by atoms with Crippen LogP contribution in [-0.2, 0) is 10.2 Å². The first kappa shape index (κ1) is 19.1. The molecule has 4 nitrogen and oxygen atoms in total. The number of thioether (sulfide) groups is 1. The molecule has 0 saturated heterocycles. The molecule has 0 fully saturated rings. The third-order valence-corrected chi connectivity index (χ3v) is 4.96. The van der Waals surface area contributed by atoms with Gasteiger partial charge in [-0.15, -0.1) is 11.8 Å². The van der Waals surface area contributed by atoms with Crippen LogP contribution in [0.15, 0.2) is 53.4 Å². The van der Waals surface area contributed by atoms with Gasteiger partial charge in [0.25, 0.3) is 5.91 Å². The van der Waals surface area contributed by atoms with E-state index in [4.69, 9.17) is 0 Å². The molecule has 0 heterocycles. The largest absolute Gasteiger partial charge is 0.272 e. The first-order chi connectivity index (χ1) is 11.8. The van der Waals surface area contributed by atoms with E-state index in [2.05, 4.69) is 31.6 Å². The molecular weight excluding hydrogens is 332 g/mol. The average molecular weight is 356 g/mol. The number of rotatable bonds is 4. The van der Waals surface area contributed by atoms with Gasteiger partial charge in [-0.25, -0.2) is 0 Å². The first-order valence-corrected chi connectivity index (χ1v) is 9.14. The summed E-state index contributed by atoms with van der Waals surface area (Å²) in [7, 11) is 0. The molecule has 2 rings (SSSR count). The number of amides is 2. The molecule has 0 bridgehead atoms. The lowest BCUT2D eigenvalue weighted by Crippen LogP contribution is -2.42. The van der Waals surface area contributed by atoms with Crippen molar-refractivity contribution in [3.8, 4) is 0 Å². The van der Waals surface area contributed by atoms with Crippen molar-refractivity contribution in [2.45, 2.75) is 38.0 Å². The number of hydrazine groups is 1. The maximum atomic E-state index is 12.1. The number of benzene rings is 2. The minimum Gasteiger partial charge on any atom is -0.272 e. The van der Waals surface area contributed by atoms with E-state index in [0.29, 0.717) is 5.56 Å². The van der Waals surface area contributed by atoms with Crippen molar-refractivity contribution in [3.63, 3.8) is 0 Å². The van der Waals surface area contributed by atoms with Crippen LogP contribution in [0.4, 0.5) is 0 Å². The molecule has 0 aliphatic rings. The fourth-order valence-corrected chi connectivity index (χ4v) is 3.05. The van der Waals surface area contributed by atoms with Crippen molar-refractivity contribution >= 4 is 23.6 Å². The zero-order valence-corrected chi connectivity index (χ0v) is 15.9. The fourth-order valence-electron chi connectivity index (χ4n) is 2.22. The molecule has 0 atom stereocenters. The summed E-state index contributed by atoms with van der Waals surface area (Å²) >= 11 is 1.44. The summed E-state index contributed by atoms with van der Waals surface area (Å²) in [5.74, 6) is -0.323. The summed E-state index contributed by atoms with van der Waals surface area (Å²) < 4.78 is 0. The fraction of sp³-hybridized carbons (Fsp3) is 0.300. The Kier molecular flexibility index (Phi) is 6.26. The van der Waals surface area contributed by atoms with Gasteiger partial charge < -0.3 is 0 Å². The van der Waals surface area contributed by atoms with Gasteiger partial charge >= 0.3 is 0 Å². The summed E-state index contributed by atoms with van der Waals surface area (Å²) in [6.07, 6.45) is 0. The molecule has 0 saturated carbocycles. The van der Waals surface area contributed by atoms with Gasteiger partial charge in [-0.1, -0.05) is 51.1 Å². The smallest absolute Gasteiger partial charge is 0.269 e. The van der Waals surface area contributed by atoms with E-state index in [1.54, 1.807) is 12.1 Å². The predicted octanol–water partition coefficient (Wildman–Crippen LogP) is 3.85. The highest BCUT2D eigenvalue weighted by molar-refractivity contribution is 8.00. The van der Waals surface area contributed by atoms with Gasteiger partial charge in [-0.05, 0) is 41.7 Å². The highest BCUT2D eigenvalue weighted by atomic mass is 32.2. The lowest BCUT2D eigenvalue weighted by molar-refractivity contribution is -0.119. The first-order valence-electron chi connectivity index (χ1n) is 8.15. The van der Waals surface area contributed by atoms with E-state index >= 15 is 0 Å². The summed E-state index contributed by atoms with van der Waals surface area (Å²) in [5, 5.41) is 0. The predicted molar refractivity (Wildman–Crippen MR) is 103 cm³/mol. The van der Waals surface area contributed by atoms with Crippen LogP contribution in [-0.4, -0.2) is 17.6 Å². The van der Waals surface area contributed by atoms with Gasteiger partial charge in [0.1, 0.15) is 0 Å². The average Bonchev–Trinajstić information content (AvgIpc) is 2.58. The van der Waals surface area contributed by atoms with Gasteiger partial charge in [0.05, 0.1) is 5.75 Å². The lowest BCUT2D eigenvalue weighted by Gasteiger charge is -2.19. The van der Waals surface area contributed by atoms with Gasteiger partial charge in [0.2, 0.25) is 5.91 Å². The number of carbonyl (C=O) groups excluding carboxylic acids is 2. The summed E-state index contributed by atoms with van der Waals surface area (Å²) in [6.45, 7) is 8.36. The Morgan fingerprint density at radius 3 is 2.20 bits per heavy atom. The summed E-state index contributed by atoms with van der Waals surface area (Å²) in [5.41, 5.74) is 7.75. The van der Waals surface area contributed by atoms with E-state index in [9.17, 15) is 9.59 Å². The van der Waals surface area contributed by atoms with Crippen LogP contribution in [0.3, 0.4) is 0 Å². The normalized spacial score (nSPS) is 11.0. The molecule has 2 N–H and O–H groups in total. The van der Waals surface area contributed by atoms with E-state index in [-0.39, 0.29) is 23.0 Å². The second-order valence-electron chi connectivity index (χ2n) is 6.88. The molecule has 132 valence electrons. The molecule has 2 aromatic rings. The van der Waals surface area contributed by atoms with Crippen LogP contribution < -0.4 is 10.9 Å². The van der Waals surface area contributed by atoms with Crippen LogP contribution in [0.2, 0.25) is 0 Å². The SMILES string of the molecule is Cc1ccccc1SCC(=O)NNC(=O)c1ccc(C(C)(C)C)cc1. The molecule has 0 aliphatic carbocycles. The molecule has 0 aromatic heterocycles. The van der Waals surface area contributed by atoms with Gasteiger partial charge in [-0.3, -0.25) is 20.4 Å². The van der Waals surface area contributed by atoms with Crippen molar-refractivity contribution in [1.82, 2.24) is 10.9 Å². The minimum atomic E-state index is -0.324. The number of aryl methyl sites for hydroxylation is 1. The quantitative estimate of drug-likeness (QED) is 0.646. The molecule has 25 heavy (non-hydrogen) atoms. The minimum absolute atomic E-state index is 0.0377. The number of carbonyl (C=O) groups is 2. The summed E-state index contributed by atoms with van der Waals surface area (Å²) in [4.78, 5) is 25.1. The third kappa shape index (κ3) is 5.64.